The van der Waals surface area contributed by atoms with Crippen LogP contribution in [0.25, 0.3) is 6.08 Å². The van der Waals surface area contributed by atoms with E-state index in [1.54, 1.807) is 18.2 Å². The Hall–Kier alpha value is -3.81. The van der Waals surface area contributed by atoms with Gasteiger partial charge in [-0.05, 0) is 35.9 Å². The first-order valence-corrected chi connectivity index (χ1v) is 9.66. The quantitative estimate of drug-likeness (QED) is 0.427. The summed E-state index contributed by atoms with van der Waals surface area (Å²) >= 11 is 6.32. The number of amides is 1. The predicted molar refractivity (Wildman–Crippen MR) is 121 cm³/mol. The molecular formula is C25H17ClN2O2. The Labute approximate surface area is 180 Å². The predicted octanol–water partition coefficient (Wildman–Crippen LogP) is 5.19. The van der Waals surface area contributed by atoms with E-state index < -0.39 is 0 Å². The fraction of sp³-hybridized carbons (Fsp3) is 0.0400. The van der Waals surface area contributed by atoms with E-state index in [9.17, 15) is 4.79 Å². The maximum atomic E-state index is 13.3. The van der Waals surface area contributed by atoms with Crippen LogP contribution in [0.2, 0.25) is 5.02 Å². The lowest BCUT2D eigenvalue weighted by Crippen LogP contribution is -2.21. The highest BCUT2D eigenvalue weighted by Crippen LogP contribution is 2.30. The van der Waals surface area contributed by atoms with Crippen molar-refractivity contribution in [2.75, 3.05) is 11.6 Å². The number of hydrazone groups is 1. The van der Waals surface area contributed by atoms with Crippen LogP contribution in [0.1, 0.15) is 11.1 Å². The maximum absolute atomic E-state index is 13.3. The van der Waals surface area contributed by atoms with E-state index in [0.717, 1.165) is 11.1 Å². The zero-order chi connectivity index (χ0) is 20.9. The van der Waals surface area contributed by atoms with Gasteiger partial charge in [0, 0.05) is 5.56 Å². The van der Waals surface area contributed by atoms with Crippen molar-refractivity contribution in [3.8, 4) is 18.1 Å². The Bertz CT molecular complexity index is 1180. The van der Waals surface area contributed by atoms with Gasteiger partial charge in [-0.25, -0.2) is 0 Å². The zero-order valence-electron chi connectivity index (χ0n) is 16.0. The number of nitrogens with zero attached hydrogens (tertiary/aromatic N) is 2. The fourth-order valence-electron chi connectivity index (χ4n) is 3.11. The van der Waals surface area contributed by atoms with Crippen molar-refractivity contribution in [1.29, 1.82) is 0 Å². The molecule has 0 atom stereocenters. The van der Waals surface area contributed by atoms with Gasteiger partial charge >= 0.3 is 0 Å². The second kappa shape index (κ2) is 8.69. The largest absolute Gasteiger partial charge is 0.479 e. The molecule has 0 N–H and O–H groups in total. The highest BCUT2D eigenvalue weighted by Gasteiger charge is 2.31. The fourth-order valence-corrected chi connectivity index (χ4v) is 3.35. The molecular weight excluding hydrogens is 396 g/mol. The van der Waals surface area contributed by atoms with Crippen molar-refractivity contribution < 1.29 is 9.53 Å². The third-order valence-corrected chi connectivity index (χ3v) is 4.80. The normalized spacial score (nSPS) is 14.5. The van der Waals surface area contributed by atoms with Crippen molar-refractivity contribution in [2.45, 2.75) is 0 Å². The highest BCUT2D eigenvalue weighted by atomic mass is 35.5. The summed E-state index contributed by atoms with van der Waals surface area (Å²) in [5, 5.41) is 6.46. The van der Waals surface area contributed by atoms with Crippen molar-refractivity contribution >= 4 is 35.0 Å². The average Bonchev–Trinajstić information content (AvgIpc) is 3.10. The van der Waals surface area contributed by atoms with E-state index in [0.29, 0.717) is 27.7 Å². The van der Waals surface area contributed by atoms with Crippen molar-refractivity contribution in [3.05, 3.63) is 101 Å². The van der Waals surface area contributed by atoms with Crippen LogP contribution >= 0.6 is 11.6 Å². The molecule has 0 saturated carbocycles. The summed E-state index contributed by atoms with van der Waals surface area (Å²) in [5.74, 6) is 2.70. The first-order valence-electron chi connectivity index (χ1n) is 9.29. The molecule has 0 unspecified atom stereocenters. The molecule has 0 bridgehead atoms. The van der Waals surface area contributed by atoms with Gasteiger partial charge in [-0.3, -0.25) is 4.79 Å². The number of carbonyl (C=O) groups is 1. The van der Waals surface area contributed by atoms with Crippen LogP contribution in [-0.4, -0.2) is 18.2 Å². The second-order valence-corrected chi connectivity index (χ2v) is 6.92. The molecule has 0 aromatic heterocycles. The molecule has 0 saturated heterocycles. The third-order valence-electron chi connectivity index (χ3n) is 4.50. The number of anilines is 1. The van der Waals surface area contributed by atoms with E-state index in [4.69, 9.17) is 22.8 Å². The number of terminal acetylenes is 1. The van der Waals surface area contributed by atoms with Gasteiger partial charge in [0.05, 0.1) is 16.3 Å². The van der Waals surface area contributed by atoms with Crippen molar-refractivity contribution in [2.24, 2.45) is 5.10 Å². The Morgan fingerprint density at radius 1 is 1.03 bits per heavy atom. The summed E-state index contributed by atoms with van der Waals surface area (Å²) in [6.07, 6.45) is 7.01. The molecule has 5 heteroatoms. The Kier molecular flexibility index (Phi) is 5.65. The standard InChI is InChI=1S/C25H17ClN2O2/c1-2-15-30-23-14-13-18(17-22(23)26)16-21-24(19-9-5-3-6-10-19)27-28(25(21)29)20-11-7-4-8-12-20/h1,3-14,16-17H,15H2/b21-16-. The minimum atomic E-state index is -0.205. The number of hydrogen-bond donors (Lipinski definition) is 0. The van der Waals surface area contributed by atoms with Gasteiger partial charge in [0.2, 0.25) is 0 Å². The van der Waals surface area contributed by atoms with E-state index >= 15 is 0 Å². The summed E-state index contributed by atoms with van der Waals surface area (Å²) in [6.45, 7) is 0.134. The first kappa shape index (κ1) is 19.5. The van der Waals surface area contributed by atoms with Gasteiger partial charge in [-0.1, -0.05) is 72.1 Å². The smallest absolute Gasteiger partial charge is 0.281 e. The summed E-state index contributed by atoms with van der Waals surface area (Å²) in [4.78, 5) is 13.3. The molecule has 0 spiro atoms. The van der Waals surface area contributed by atoms with E-state index in [-0.39, 0.29) is 12.5 Å². The van der Waals surface area contributed by atoms with Gasteiger partial charge in [0.1, 0.15) is 18.1 Å². The molecule has 0 radical (unpaired) electrons. The lowest BCUT2D eigenvalue weighted by Gasteiger charge is -2.11. The summed E-state index contributed by atoms with van der Waals surface area (Å²) < 4.78 is 5.41. The van der Waals surface area contributed by atoms with Gasteiger partial charge in [0.15, 0.2) is 0 Å². The van der Waals surface area contributed by atoms with Crippen LogP contribution in [0.5, 0.6) is 5.75 Å². The van der Waals surface area contributed by atoms with Crippen LogP contribution in [0.15, 0.2) is 89.5 Å². The zero-order valence-corrected chi connectivity index (χ0v) is 16.7. The average molecular weight is 413 g/mol. The lowest BCUT2D eigenvalue weighted by atomic mass is 10.0. The first-order chi connectivity index (χ1) is 14.7. The van der Waals surface area contributed by atoms with Crippen LogP contribution in [0.3, 0.4) is 0 Å². The topological polar surface area (TPSA) is 41.9 Å². The highest BCUT2D eigenvalue weighted by molar-refractivity contribution is 6.37. The molecule has 0 aliphatic carbocycles. The van der Waals surface area contributed by atoms with E-state index in [1.807, 2.05) is 66.7 Å². The maximum Gasteiger partial charge on any atom is 0.281 e. The van der Waals surface area contributed by atoms with Crippen LogP contribution in [-0.2, 0) is 4.79 Å². The molecule has 146 valence electrons. The number of ether oxygens (including phenoxy) is 1. The van der Waals surface area contributed by atoms with Crippen LogP contribution in [0, 0.1) is 12.3 Å². The van der Waals surface area contributed by atoms with Gasteiger partial charge in [0.25, 0.3) is 5.91 Å². The summed E-state index contributed by atoms with van der Waals surface area (Å²) in [6, 6.07) is 24.3. The van der Waals surface area contributed by atoms with Crippen LogP contribution in [0.4, 0.5) is 5.69 Å². The number of para-hydroxylation sites is 1. The monoisotopic (exact) mass is 412 g/mol. The lowest BCUT2D eigenvalue weighted by molar-refractivity contribution is -0.114. The molecule has 3 aromatic rings. The van der Waals surface area contributed by atoms with E-state index in [2.05, 4.69) is 11.0 Å². The number of rotatable bonds is 5. The summed E-state index contributed by atoms with van der Waals surface area (Å²) in [7, 11) is 0. The van der Waals surface area contributed by atoms with Gasteiger partial charge < -0.3 is 4.74 Å². The molecule has 3 aromatic carbocycles. The molecule has 4 rings (SSSR count). The molecule has 1 aliphatic rings. The van der Waals surface area contributed by atoms with Gasteiger partial charge in [-0.2, -0.15) is 10.1 Å². The van der Waals surface area contributed by atoms with Crippen molar-refractivity contribution in [3.63, 3.8) is 0 Å². The molecule has 1 aliphatic heterocycles. The molecule has 4 nitrogen and oxygen atoms in total. The minimum absolute atomic E-state index is 0.134. The van der Waals surface area contributed by atoms with Crippen LogP contribution < -0.4 is 9.75 Å². The molecule has 30 heavy (non-hydrogen) atoms. The molecule has 0 fully saturated rings. The Morgan fingerprint density at radius 3 is 2.40 bits per heavy atom. The van der Waals surface area contributed by atoms with E-state index in [1.165, 1.54) is 5.01 Å². The number of benzene rings is 3. The molecule has 1 amide bonds. The molecule has 1 heterocycles. The van der Waals surface area contributed by atoms with Gasteiger partial charge in [-0.15, -0.1) is 6.42 Å². The number of halogens is 1. The number of carbonyl (C=O) groups excluding carboxylic acids is 1. The SMILES string of the molecule is C#CCOc1ccc(/C=C2\C(=O)N(c3ccccc3)N=C2c2ccccc2)cc1Cl. The minimum Gasteiger partial charge on any atom is -0.479 e. The second-order valence-electron chi connectivity index (χ2n) is 6.51. The summed E-state index contributed by atoms with van der Waals surface area (Å²) in [5.41, 5.74) is 3.41. The Balaban J connectivity index is 1.75. The Morgan fingerprint density at radius 2 is 1.73 bits per heavy atom. The third kappa shape index (κ3) is 3.98. The number of hydrogen-bond acceptors (Lipinski definition) is 3. The van der Waals surface area contributed by atoms with Crippen molar-refractivity contribution in [1.82, 2.24) is 0 Å².